The summed E-state index contributed by atoms with van der Waals surface area (Å²) in [6.07, 6.45) is -4.65. The number of quaternary nitrogens is 1. The van der Waals surface area contributed by atoms with Crippen LogP contribution >= 0.6 is 0 Å². The molecule has 34 heavy (non-hydrogen) atoms. The van der Waals surface area contributed by atoms with Crippen molar-refractivity contribution in [3.63, 3.8) is 0 Å². The molecule has 1 saturated heterocycles. The summed E-state index contributed by atoms with van der Waals surface area (Å²) < 4.78 is 42.7. The first-order valence-electron chi connectivity index (χ1n) is 11.5. The average molecular weight is 471 g/mol. The van der Waals surface area contributed by atoms with Crippen molar-refractivity contribution >= 4 is 11.7 Å². The molecule has 6 nitrogen and oxygen atoms in total. The van der Waals surface area contributed by atoms with Gasteiger partial charge in [-0.25, -0.2) is 4.68 Å². The zero-order valence-corrected chi connectivity index (χ0v) is 18.6. The normalized spacial score (nSPS) is 21.1. The summed E-state index contributed by atoms with van der Waals surface area (Å²) in [7, 11) is 0. The third-order valence-corrected chi connectivity index (χ3v) is 6.67. The Labute approximate surface area is 196 Å². The highest BCUT2D eigenvalue weighted by Crippen LogP contribution is 2.43. The molecule has 1 fully saturated rings. The van der Waals surface area contributed by atoms with Gasteiger partial charge in [0.1, 0.15) is 12.4 Å². The zero-order chi connectivity index (χ0) is 23.7. The number of rotatable bonds is 4. The Balaban J connectivity index is 1.30. The predicted molar refractivity (Wildman–Crippen MR) is 121 cm³/mol. The van der Waals surface area contributed by atoms with E-state index < -0.39 is 18.3 Å². The number of aromatic nitrogens is 2. The van der Waals surface area contributed by atoms with Crippen molar-refractivity contribution in [2.45, 2.75) is 31.2 Å². The lowest BCUT2D eigenvalue weighted by molar-refractivity contribution is -0.917. The second-order valence-electron chi connectivity index (χ2n) is 8.96. The number of carbonyl (C=O) groups is 1. The number of amides is 1. The number of nitrogens with one attached hydrogen (secondary N) is 2. The van der Waals surface area contributed by atoms with Crippen LogP contribution in [0.3, 0.4) is 0 Å². The first-order valence-corrected chi connectivity index (χ1v) is 11.5. The second-order valence-corrected chi connectivity index (χ2v) is 8.96. The number of nitrogens with zero attached hydrogens (tertiary/aromatic N) is 3. The molecule has 3 heterocycles. The molecular formula is C25H27F3N5O+. The highest BCUT2D eigenvalue weighted by Gasteiger charge is 2.47. The minimum absolute atomic E-state index is 0.0528. The summed E-state index contributed by atoms with van der Waals surface area (Å²) in [5.74, 6) is -0.0984. The van der Waals surface area contributed by atoms with Gasteiger partial charge in [0.25, 0.3) is 5.91 Å². The van der Waals surface area contributed by atoms with Gasteiger partial charge in [-0.2, -0.15) is 18.3 Å². The topological polar surface area (TPSA) is 54.6 Å². The number of piperazine rings is 1. The fourth-order valence-electron chi connectivity index (χ4n) is 4.83. The SMILES string of the molecule is O=C(c1cc2n(n1)[C@@H](C(F)(F)F)C[C@H](c1ccccc1)N2)N1CC[NH+](Cc2ccccc2)CC1. The lowest BCUT2D eigenvalue weighted by atomic mass is 9.97. The van der Waals surface area contributed by atoms with E-state index in [1.165, 1.54) is 16.5 Å². The molecule has 2 aliphatic heterocycles. The van der Waals surface area contributed by atoms with Crippen LogP contribution in [0.2, 0.25) is 0 Å². The molecule has 9 heteroatoms. The third kappa shape index (κ3) is 4.65. The standard InChI is InChI=1S/C25H26F3N5O/c26-25(27,28)22-15-20(19-9-5-2-6-10-19)29-23-16-21(30-33(22)23)24(34)32-13-11-31(12-14-32)17-18-7-3-1-4-8-18/h1-10,16,20,22,29H,11-15,17H2/p+1/t20-,22-/m1/s1. The van der Waals surface area contributed by atoms with Crippen LogP contribution in [0.5, 0.6) is 0 Å². The first-order chi connectivity index (χ1) is 16.4. The molecular weight excluding hydrogens is 443 g/mol. The van der Waals surface area contributed by atoms with E-state index in [4.69, 9.17) is 0 Å². The second kappa shape index (κ2) is 9.13. The van der Waals surface area contributed by atoms with Crippen LogP contribution < -0.4 is 10.2 Å². The van der Waals surface area contributed by atoms with E-state index in [0.29, 0.717) is 13.1 Å². The Kier molecular flexibility index (Phi) is 6.03. The monoisotopic (exact) mass is 470 g/mol. The maximum Gasteiger partial charge on any atom is 0.410 e. The van der Waals surface area contributed by atoms with Crippen molar-refractivity contribution in [3.05, 3.63) is 83.6 Å². The number of fused-ring (bicyclic) bond motifs is 1. The van der Waals surface area contributed by atoms with Gasteiger partial charge in [0, 0.05) is 18.1 Å². The van der Waals surface area contributed by atoms with E-state index in [1.807, 2.05) is 24.3 Å². The number of hydrogen-bond acceptors (Lipinski definition) is 3. The van der Waals surface area contributed by atoms with Crippen molar-refractivity contribution < 1.29 is 22.9 Å². The van der Waals surface area contributed by atoms with Crippen LogP contribution in [-0.4, -0.2) is 52.9 Å². The predicted octanol–water partition coefficient (Wildman–Crippen LogP) is 3.08. The van der Waals surface area contributed by atoms with E-state index in [-0.39, 0.29) is 23.8 Å². The Morgan fingerprint density at radius 3 is 2.32 bits per heavy atom. The molecule has 2 N–H and O–H groups in total. The van der Waals surface area contributed by atoms with Gasteiger partial charge in [0.2, 0.25) is 0 Å². The molecule has 2 aromatic carbocycles. The Bertz CT molecular complexity index is 1120. The van der Waals surface area contributed by atoms with Crippen LogP contribution in [-0.2, 0) is 6.54 Å². The van der Waals surface area contributed by atoms with E-state index in [0.717, 1.165) is 29.9 Å². The lowest BCUT2D eigenvalue weighted by Crippen LogP contribution is -3.13. The summed E-state index contributed by atoms with van der Waals surface area (Å²) in [5, 5.41) is 7.28. The third-order valence-electron chi connectivity index (χ3n) is 6.67. The van der Waals surface area contributed by atoms with Crippen molar-refractivity contribution in [1.82, 2.24) is 14.7 Å². The molecule has 3 aromatic rings. The van der Waals surface area contributed by atoms with Gasteiger partial charge in [0.05, 0.1) is 32.2 Å². The molecule has 178 valence electrons. The number of hydrogen-bond donors (Lipinski definition) is 2. The number of anilines is 1. The number of benzene rings is 2. The fraction of sp³-hybridized carbons (Fsp3) is 0.360. The molecule has 0 spiro atoms. The number of halogens is 3. The summed E-state index contributed by atoms with van der Waals surface area (Å²) in [6.45, 7) is 3.55. The van der Waals surface area contributed by atoms with Crippen molar-refractivity contribution in [3.8, 4) is 0 Å². The molecule has 0 unspecified atom stereocenters. The number of alkyl halides is 3. The highest BCUT2D eigenvalue weighted by atomic mass is 19.4. The maximum atomic E-state index is 13.9. The molecule has 1 aromatic heterocycles. The minimum Gasteiger partial charge on any atom is -0.363 e. The van der Waals surface area contributed by atoms with Gasteiger partial charge in [-0.1, -0.05) is 60.7 Å². The molecule has 0 aliphatic carbocycles. The molecule has 0 saturated carbocycles. The van der Waals surface area contributed by atoms with Gasteiger partial charge in [-0.15, -0.1) is 0 Å². The highest BCUT2D eigenvalue weighted by molar-refractivity contribution is 5.93. The van der Waals surface area contributed by atoms with Gasteiger partial charge in [-0.05, 0) is 5.56 Å². The average Bonchev–Trinajstić information content (AvgIpc) is 3.28. The molecule has 2 aliphatic rings. The Morgan fingerprint density at radius 1 is 1.03 bits per heavy atom. The van der Waals surface area contributed by atoms with E-state index in [2.05, 4.69) is 22.5 Å². The smallest absolute Gasteiger partial charge is 0.363 e. The van der Waals surface area contributed by atoms with E-state index in [9.17, 15) is 18.0 Å². The zero-order valence-electron chi connectivity index (χ0n) is 18.6. The summed E-state index contributed by atoms with van der Waals surface area (Å²) in [4.78, 5) is 16.2. The molecule has 0 bridgehead atoms. The van der Waals surface area contributed by atoms with Gasteiger partial charge in [0.15, 0.2) is 11.7 Å². The first kappa shape index (κ1) is 22.5. The van der Waals surface area contributed by atoms with Crippen LogP contribution in [0, 0.1) is 0 Å². The van der Waals surface area contributed by atoms with Gasteiger partial charge < -0.3 is 15.1 Å². The van der Waals surface area contributed by atoms with E-state index >= 15 is 0 Å². The van der Waals surface area contributed by atoms with Crippen molar-refractivity contribution in [1.29, 1.82) is 0 Å². The molecule has 5 rings (SSSR count). The molecule has 1 amide bonds. The fourth-order valence-corrected chi connectivity index (χ4v) is 4.83. The Hall–Kier alpha value is -3.33. The van der Waals surface area contributed by atoms with Crippen LogP contribution in [0.1, 0.15) is 40.1 Å². The van der Waals surface area contributed by atoms with Crippen LogP contribution in [0.25, 0.3) is 0 Å². The lowest BCUT2D eigenvalue weighted by Gasteiger charge is -2.33. The van der Waals surface area contributed by atoms with Gasteiger partial charge >= 0.3 is 6.18 Å². The Morgan fingerprint density at radius 2 is 1.68 bits per heavy atom. The summed E-state index contributed by atoms with van der Waals surface area (Å²) in [5.41, 5.74) is 2.07. The van der Waals surface area contributed by atoms with E-state index in [1.54, 1.807) is 29.2 Å². The number of carbonyl (C=O) groups excluding carboxylic acids is 1. The molecule has 2 atom stereocenters. The van der Waals surface area contributed by atoms with Crippen LogP contribution in [0.4, 0.5) is 19.0 Å². The minimum atomic E-state index is -4.47. The van der Waals surface area contributed by atoms with Crippen LogP contribution in [0.15, 0.2) is 66.7 Å². The summed E-state index contributed by atoms with van der Waals surface area (Å²) in [6, 6.07) is 18.4. The molecule has 0 radical (unpaired) electrons. The van der Waals surface area contributed by atoms with Crippen molar-refractivity contribution in [2.24, 2.45) is 0 Å². The quantitative estimate of drug-likeness (QED) is 0.616. The largest absolute Gasteiger partial charge is 0.410 e. The van der Waals surface area contributed by atoms with Gasteiger partial charge in [-0.3, -0.25) is 4.79 Å². The maximum absolute atomic E-state index is 13.9. The summed E-state index contributed by atoms with van der Waals surface area (Å²) >= 11 is 0. The van der Waals surface area contributed by atoms with Crippen molar-refractivity contribution in [2.75, 3.05) is 31.5 Å².